The van der Waals surface area contributed by atoms with Gasteiger partial charge in [-0.05, 0) is 30.3 Å². The number of thiazole rings is 1. The molecule has 1 aromatic heterocycles. The molecule has 26 heavy (non-hydrogen) atoms. The number of hydrogen-bond donors (Lipinski definition) is 1. The smallest absolute Gasteiger partial charge is 0.257 e. The molecule has 0 aliphatic heterocycles. The lowest BCUT2D eigenvalue weighted by atomic mass is 10.1. The van der Waals surface area contributed by atoms with Crippen LogP contribution in [0.5, 0.6) is 11.5 Å². The number of amides is 1. The molecular formula is C18H14F2N2O3S. The fraction of sp³-hybridized carbons (Fsp3) is 0.111. The molecule has 0 radical (unpaired) electrons. The van der Waals surface area contributed by atoms with E-state index >= 15 is 0 Å². The van der Waals surface area contributed by atoms with Crippen LogP contribution in [-0.2, 0) is 0 Å². The van der Waals surface area contributed by atoms with Crippen molar-refractivity contribution in [1.82, 2.24) is 4.98 Å². The standard InChI is InChI=1S/C18H14F2N2O3S/c1-24-12-5-10(6-13(8-12)25-2)17(23)22-18-21-16(9-26-18)14-7-11(19)3-4-15(14)20/h3-9H,1-2H3,(H,21,22,23). The highest BCUT2D eigenvalue weighted by molar-refractivity contribution is 7.14. The van der Waals surface area contributed by atoms with Gasteiger partial charge in [0.1, 0.15) is 23.1 Å². The maximum absolute atomic E-state index is 13.8. The van der Waals surface area contributed by atoms with Gasteiger partial charge >= 0.3 is 0 Å². The topological polar surface area (TPSA) is 60.5 Å². The Morgan fingerprint density at radius 3 is 2.42 bits per heavy atom. The summed E-state index contributed by atoms with van der Waals surface area (Å²) in [5.74, 6) is -0.647. The predicted octanol–water partition coefficient (Wildman–Crippen LogP) is 4.36. The molecule has 3 aromatic rings. The van der Waals surface area contributed by atoms with Crippen LogP contribution in [0.25, 0.3) is 11.3 Å². The number of ether oxygens (including phenoxy) is 2. The van der Waals surface area contributed by atoms with Crippen LogP contribution in [0.15, 0.2) is 41.8 Å². The van der Waals surface area contributed by atoms with Gasteiger partial charge in [-0.3, -0.25) is 10.1 Å². The Hall–Kier alpha value is -3.00. The minimum atomic E-state index is -0.591. The second-order valence-electron chi connectivity index (χ2n) is 5.22. The van der Waals surface area contributed by atoms with Crippen LogP contribution in [0.2, 0.25) is 0 Å². The number of aromatic nitrogens is 1. The second-order valence-corrected chi connectivity index (χ2v) is 6.08. The first-order chi connectivity index (χ1) is 12.5. The van der Waals surface area contributed by atoms with Crippen molar-refractivity contribution in [3.63, 3.8) is 0 Å². The molecule has 1 amide bonds. The summed E-state index contributed by atoms with van der Waals surface area (Å²) in [6, 6.07) is 7.87. The molecule has 0 saturated heterocycles. The number of halogens is 2. The molecule has 0 aliphatic carbocycles. The van der Waals surface area contributed by atoms with E-state index in [-0.39, 0.29) is 16.4 Å². The molecule has 0 fully saturated rings. The first kappa shape index (κ1) is 17.8. The molecular weight excluding hydrogens is 362 g/mol. The Bertz CT molecular complexity index is 937. The average Bonchev–Trinajstić information content (AvgIpc) is 3.11. The lowest BCUT2D eigenvalue weighted by Crippen LogP contribution is -2.12. The van der Waals surface area contributed by atoms with Gasteiger partial charge in [0.15, 0.2) is 5.13 Å². The molecule has 0 aliphatic rings. The van der Waals surface area contributed by atoms with E-state index in [1.54, 1.807) is 23.6 Å². The molecule has 5 nitrogen and oxygen atoms in total. The molecule has 8 heteroatoms. The van der Waals surface area contributed by atoms with Gasteiger partial charge in [-0.2, -0.15) is 0 Å². The van der Waals surface area contributed by atoms with E-state index < -0.39 is 17.5 Å². The minimum Gasteiger partial charge on any atom is -0.497 e. The van der Waals surface area contributed by atoms with E-state index in [2.05, 4.69) is 10.3 Å². The molecule has 0 bridgehead atoms. The van der Waals surface area contributed by atoms with Crippen LogP contribution in [0.4, 0.5) is 13.9 Å². The largest absolute Gasteiger partial charge is 0.497 e. The molecule has 0 saturated carbocycles. The summed E-state index contributed by atoms with van der Waals surface area (Å²) in [5.41, 5.74) is 0.588. The van der Waals surface area contributed by atoms with Crippen LogP contribution in [-0.4, -0.2) is 25.1 Å². The van der Waals surface area contributed by atoms with Crippen LogP contribution in [0.1, 0.15) is 10.4 Å². The van der Waals surface area contributed by atoms with Gasteiger partial charge in [-0.15, -0.1) is 11.3 Å². The third-order valence-electron chi connectivity index (χ3n) is 3.54. The summed E-state index contributed by atoms with van der Waals surface area (Å²) in [5, 5.41) is 4.43. The molecule has 1 heterocycles. The Morgan fingerprint density at radius 2 is 1.77 bits per heavy atom. The lowest BCUT2D eigenvalue weighted by molar-refractivity contribution is 0.102. The number of anilines is 1. The Balaban J connectivity index is 1.83. The number of nitrogens with zero attached hydrogens (tertiary/aromatic N) is 1. The Labute approximate surface area is 152 Å². The zero-order valence-electron chi connectivity index (χ0n) is 13.9. The average molecular weight is 376 g/mol. The number of hydrogen-bond acceptors (Lipinski definition) is 5. The van der Waals surface area contributed by atoms with Gasteiger partial charge in [0.05, 0.1) is 19.9 Å². The fourth-order valence-corrected chi connectivity index (χ4v) is 2.96. The van der Waals surface area contributed by atoms with E-state index in [1.807, 2.05) is 0 Å². The second kappa shape index (κ2) is 7.49. The first-order valence-electron chi connectivity index (χ1n) is 7.45. The Kier molecular flexibility index (Phi) is 5.13. The van der Waals surface area contributed by atoms with Crippen molar-refractivity contribution in [2.75, 3.05) is 19.5 Å². The first-order valence-corrected chi connectivity index (χ1v) is 8.33. The molecule has 2 aromatic carbocycles. The van der Waals surface area contributed by atoms with Crippen LogP contribution < -0.4 is 14.8 Å². The molecule has 0 unspecified atom stereocenters. The SMILES string of the molecule is COc1cc(OC)cc(C(=O)Nc2nc(-c3cc(F)ccc3F)cs2)c1. The highest BCUT2D eigenvalue weighted by Crippen LogP contribution is 2.28. The lowest BCUT2D eigenvalue weighted by Gasteiger charge is -2.08. The summed E-state index contributed by atoms with van der Waals surface area (Å²) < 4.78 is 37.4. The zero-order valence-corrected chi connectivity index (χ0v) is 14.7. The van der Waals surface area contributed by atoms with Gasteiger partial charge in [0, 0.05) is 22.6 Å². The van der Waals surface area contributed by atoms with Gasteiger partial charge < -0.3 is 9.47 Å². The Morgan fingerprint density at radius 1 is 1.08 bits per heavy atom. The number of carbonyl (C=O) groups is 1. The highest BCUT2D eigenvalue weighted by atomic mass is 32.1. The summed E-state index contributed by atoms with van der Waals surface area (Å²) >= 11 is 1.11. The number of carbonyl (C=O) groups excluding carboxylic acids is 1. The monoisotopic (exact) mass is 376 g/mol. The third kappa shape index (κ3) is 3.80. The van der Waals surface area contributed by atoms with Gasteiger partial charge in [0.2, 0.25) is 0 Å². The maximum atomic E-state index is 13.8. The van der Waals surface area contributed by atoms with Crippen molar-refractivity contribution in [2.24, 2.45) is 0 Å². The maximum Gasteiger partial charge on any atom is 0.257 e. The number of methoxy groups -OCH3 is 2. The molecule has 134 valence electrons. The quantitative estimate of drug-likeness (QED) is 0.719. The molecule has 0 spiro atoms. The highest BCUT2D eigenvalue weighted by Gasteiger charge is 2.14. The van der Waals surface area contributed by atoms with Crippen LogP contribution in [0.3, 0.4) is 0 Å². The molecule has 1 N–H and O–H groups in total. The van der Waals surface area contributed by atoms with Crippen molar-refractivity contribution in [3.8, 4) is 22.8 Å². The van der Waals surface area contributed by atoms with E-state index in [0.29, 0.717) is 17.1 Å². The number of rotatable bonds is 5. The summed E-state index contributed by atoms with van der Waals surface area (Å²) in [4.78, 5) is 16.6. The van der Waals surface area contributed by atoms with E-state index in [9.17, 15) is 13.6 Å². The fourth-order valence-electron chi connectivity index (χ4n) is 2.26. The summed E-state index contributed by atoms with van der Waals surface area (Å²) in [6.07, 6.45) is 0. The predicted molar refractivity (Wildman–Crippen MR) is 95.0 cm³/mol. The van der Waals surface area contributed by atoms with Crippen molar-refractivity contribution in [2.45, 2.75) is 0 Å². The molecule has 0 atom stereocenters. The van der Waals surface area contributed by atoms with Crippen molar-refractivity contribution in [3.05, 3.63) is 59.0 Å². The minimum absolute atomic E-state index is 0.0322. The van der Waals surface area contributed by atoms with E-state index in [1.165, 1.54) is 14.2 Å². The van der Waals surface area contributed by atoms with Gasteiger partial charge in [-0.25, -0.2) is 13.8 Å². The normalized spacial score (nSPS) is 10.5. The van der Waals surface area contributed by atoms with Crippen LogP contribution >= 0.6 is 11.3 Å². The van der Waals surface area contributed by atoms with Crippen molar-refractivity contribution < 1.29 is 23.0 Å². The number of nitrogens with one attached hydrogen (secondary N) is 1. The van der Waals surface area contributed by atoms with E-state index in [0.717, 1.165) is 29.5 Å². The van der Waals surface area contributed by atoms with Crippen molar-refractivity contribution in [1.29, 1.82) is 0 Å². The summed E-state index contributed by atoms with van der Waals surface area (Å²) in [7, 11) is 2.97. The third-order valence-corrected chi connectivity index (χ3v) is 4.30. The van der Waals surface area contributed by atoms with Crippen LogP contribution in [0, 0.1) is 11.6 Å². The van der Waals surface area contributed by atoms with Gasteiger partial charge in [-0.1, -0.05) is 0 Å². The van der Waals surface area contributed by atoms with Gasteiger partial charge in [0.25, 0.3) is 5.91 Å². The summed E-state index contributed by atoms with van der Waals surface area (Å²) in [6.45, 7) is 0. The van der Waals surface area contributed by atoms with E-state index in [4.69, 9.17) is 9.47 Å². The zero-order chi connectivity index (χ0) is 18.7. The number of benzene rings is 2. The van der Waals surface area contributed by atoms with Crippen molar-refractivity contribution >= 4 is 22.4 Å². The molecule has 3 rings (SSSR count).